The molecular formula is C14H14BrNO3S. The molecule has 1 heterocycles. The van der Waals surface area contributed by atoms with Crippen molar-refractivity contribution >= 4 is 33.2 Å². The molecule has 2 rings (SSSR count). The van der Waals surface area contributed by atoms with Gasteiger partial charge in [-0.05, 0) is 32.0 Å². The molecule has 0 unspecified atom stereocenters. The number of carbonyl (C=O) groups excluding carboxylic acids is 1. The van der Waals surface area contributed by atoms with Gasteiger partial charge in [0.2, 0.25) is 0 Å². The normalized spacial score (nSPS) is 10.4. The highest BCUT2D eigenvalue weighted by atomic mass is 79.9. The minimum atomic E-state index is -0.383. The number of halogens is 1. The first-order valence-electron chi connectivity index (χ1n) is 6.05. The molecule has 106 valence electrons. The van der Waals surface area contributed by atoms with Crippen LogP contribution in [0.2, 0.25) is 0 Å². The first kappa shape index (κ1) is 15.0. The van der Waals surface area contributed by atoms with Gasteiger partial charge in [-0.25, -0.2) is 9.78 Å². The standard InChI is InChI=1S/C14H14BrNO3S/c1-4-19-14(17)12-8(2)20-13(16-12)10-7-9(18-3)5-6-11(10)15/h5-7H,4H2,1-3H3. The van der Waals surface area contributed by atoms with Crippen molar-refractivity contribution in [1.29, 1.82) is 0 Å². The van der Waals surface area contributed by atoms with Gasteiger partial charge in [-0.3, -0.25) is 0 Å². The van der Waals surface area contributed by atoms with Crippen LogP contribution < -0.4 is 4.74 Å². The predicted octanol–water partition coefficient (Wildman–Crippen LogP) is 4.07. The van der Waals surface area contributed by atoms with E-state index in [0.717, 1.165) is 25.7 Å². The molecule has 0 atom stereocenters. The average Bonchev–Trinajstić information content (AvgIpc) is 2.81. The van der Waals surface area contributed by atoms with Crippen LogP contribution in [-0.2, 0) is 4.74 Å². The Labute approximate surface area is 129 Å². The van der Waals surface area contributed by atoms with Crippen molar-refractivity contribution in [2.75, 3.05) is 13.7 Å². The average molecular weight is 356 g/mol. The fourth-order valence-electron chi connectivity index (χ4n) is 1.70. The number of aryl methyl sites for hydroxylation is 1. The second-order valence-electron chi connectivity index (χ2n) is 3.99. The topological polar surface area (TPSA) is 48.4 Å². The largest absolute Gasteiger partial charge is 0.497 e. The Balaban J connectivity index is 2.44. The SMILES string of the molecule is CCOC(=O)c1nc(-c2cc(OC)ccc2Br)sc1C. The van der Waals surface area contributed by atoms with E-state index in [4.69, 9.17) is 9.47 Å². The second kappa shape index (κ2) is 6.37. The van der Waals surface area contributed by atoms with Crippen molar-refractivity contribution in [3.63, 3.8) is 0 Å². The maximum atomic E-state index is 11.8. The molecule has 0 fully saturated rings. The maximum Gasteiger partial charge on any atom is 0.358 e. The van der Waals surface area contributed by atoms with Gasteiger partial charge < -0.3 is 9.47 Å². The van der Waals surface area contributed by atoms with Crippen molar-refractivity contribution in [1.82, 2.24) is 4.98 Å². The number of aromatic nitrogens is 1. The van der Waals surface area contributed by atoms with E-state index in [1.165, 1.54) is 11.3 Å². The van der Waals surface area contributed by atoms with E-state index in [0.29, 0.717) is 12.3 Å². The Kier molecular flexibility index (Phi) is 4.77. The van der Waals surface area contributed by atoms with Crippen molar-refractivity contribution in [3.8, 4) is 16.3 Å². The third-order valence-electron chi connectivity index (χ3n) is 2.67. The zero-order chi connectivity index (χ0) is 14.7. The number of benzene rings is 1. The number of rotatable bonds is 4. The van der Waals surface area contributed by atoms with Gasteiger partial charge in [-0.15, -0.1) is 11.3 Å². The number of methoxy groups -OCH3 is 1. The predicted molar refractivity (Wildman–Crippen MR) is 82.5 cm³/mol. The molecule has 0 N–H and O–H groups in total. The highest BCUT2D eigenvalue weighted by molar-refractivity contribution is 9.10. The smallest absolute Gasteiger partial charge is 0.358 e. The number of nitrogens with zero attached hydrogens (tertiary/aromatic N) is 1. The molecule has 0 amide bonds. The zero-order valence-corrected chi connectivity index (χ0v) is 13.8. The van der Waals surface area contributed by atoms with E-state index < -0.39 is 0 Å². The van der Waals surface area contributed by atoms with Crippen LogP contribution in [0.15, 0.2) is 22.7 Å². The number of hydrogen-bond acceptors (Lipinski definition) is 5. The summed E-state index contributed by atoms with van der Waals surface area (Å²) in [7, 11) is 1.62. The fraction of sp³-hybridized carbons (Fsp3) is 0.286. The van der Waals surface area contributed by atoms with Gasteiger partial charge >= 0.3 is 5.97 Å². The summed E-state index contributed by atoms with van der Waals surface area (Å²) < 4.78 is 11.1. The number of ether oxygens (including phenoxy) is 2. The van der Waals surface area contributed by atoms with Gasteiger partial charge in [-0.2, -0.15) is 0 Å². The van der Waals surface area contributed by atoms with Crippen molar-refractivity contribution < 1.29 is 14.3 Å². The van der Waals surface area contributed by atoms with E-state index in [9.17, 15) is 4.79 Å². The summed E-state index contributed by atoms with van der Waals surface area (Å²) in [5.74, 6) is 0.361. The fourth-order valence-corrected chi connectivity index (χ4v) is 3.19. The maximum absolute atomic E-state index is 11.8. The van der Waals surface area contributed by atoms with Crippen LogP contribution in [0.4, 0.5) is 0 Å². The highest BCUT2D eigenvalue weighted by Gasteiger charge is 2.18. The van der Waals surface area contributed by atoms with Crippen molar-refractivity contribution in [2.24, 2.45) is 0 Å². The lowest BCUT2D eigenvalue weighted by molar-refractivity contribution is 0.0519. The molecule has 1 aromatic carbocycles. The molecular weight excluding hydrogens is 342 g/mol. The summed E-state index contributed by atoms with van der Waals surface area (Å²) in [6.07, 6.45) is 0. The van der Waals surface area contributed by atoms with E-state index in [1.807, 2.05) is 25.1 Å². The number of thiazole rings is 1. The number of esters is 1. The van der Waals surface area contributed by atoms with E-state index in [2.05, 4.69) is 20.9 Å². The lowest BCUT2D eigenvalue weighted by Gasteiger charge is -2.04. The van der Waals surface area contributed by atoms with Crippen LogP contribution in [0.1, 0.15) is 22.3 Å². The van der Waals surface area contributed by atoms with Gasteiger partial charge in [-0.1, -0.05) is 15.9 Å². The summed E-state index contributed by atoms with van der Waals surface area (Å²) in [5, 5.41) is 0.760. The van der Waals surface area contributed by atoms with Crippen LogP contribution in [-0.4, -0.2) is 24.7 Å². The summed E-state index contributed by atoms with van der Waals surface area (Å²) in [5.41, 5.74) is 1.27. The molecule has 0 saturated carbocycles. The molecule has 6 heteroatoms. The van der Waals surface area contributed by atoms with Crippen LogP contribution in [0.3, 0.4) is 0 Å². The molecule has 0 spiro atoms. The van der Waals surface area contributed by atoms with Gasteiger partial charge in [0.25, 0.3) is 0 Å². The lowest BCUT2D eigenvalue weighted by Crippen LogP contribution is -2.06. The molecule has 2 aromatic rings. The molecule has 0 saturated heterocycles. The van der Waals surface area contributed by atoms with Gasteiger partial charge in [0.15, 0.2) is 5.69 Å². The van der Waals surface area contributed by atoms with Gasteiger partial charge in [0.05, 0.1) is 13.7 Å². The third kappa shape index (κ3) is 3.02. The zero-order valence-electron chi connectivity index (χ0n) is 11.4. The second-order valence-corrected chi connectivity index (χ2v) is 6.05. The Hall–Kier alpha value is -1.40. The molecule has 0 aliphatic heterocycles. The van der Waals surface area contributed by atoms with E-state index in [1.54, 1.807) is 14.0 Å². The van der Waals surface area contributed by atoms with Crippen molar-refractivity contribution in [2.45, 2.75) is 13.8 Å². The minimum Gasteiger partial charge on any atom is -0.497 e. The Morgan fingerprint density at radius 1 is 1.45 bits per heavy atom. The molecule has 0 aliphatic carbocycles. The summed E-state index contributed by atoms with van der Waals surface area (Å²) in [6.45, 7) is 3.98. The monoisotopic (exact) mass is 355 g/mol. The van der Waals surface area contributed by atoms with Gasteiger partial charge in [0.1, 0.15) is 10.8 Å². The summed E-state index contributed by atoms with van der Waals surface area (Å²) >= 11 is 4.95. The van der Waals surface area contributed by atoms with Gasteiger partial charge in [0, 0.05) is 14.9 Å². The summed E-state index contributed by atoms with van der Waals surface area (Å²) in [6, 6.07) is 5.65. The highest BCUT2D eigenvalue weighted by Crippen LogP contribution is 2.35. The molecule has 1 aromatic heterocycles. The van der Waals surface area contributed by atoms with Crippen LogP contribution >= 0.6 is 27.3 Å². The number of carbonyl (C=O) groups is 1. The first-order chi connectivity index (χ1) is 9.56. The third-order valence-corrected chi connectivity index (χ3v) is 4.36. The quantitative estimate of drug-likeness (QED) is 0.775. The van der Waals surface area contributed by atoms with Crippen molar-refractivity contribution in [3.05, 3.63) is 33.2 Å². The number of hydrogen-bond donors (Lipinski definition) is 0. The van der Waals surface area contributed by atoms with E-state index >= 15 is 0 Å². The molecule has 20 heavy (non-hydrogen) atoms. The van der Waals surface area contributed by atoms with E-state index in [-0.39, 0.29) is 5.97 Å². The van der Waals surface area contributed by atoms with Crippen LogP contribution in [0.25, 0.3) is 10.6 Å². The Morgan fingerprint density at radius 2 is 2.20 bits per heavy atom. The molecule has 0 bridgehead atoms. The lowest BCUT2D eigenvalue weighted by atomic mass is 10.2. The first-order valence-corrected chi connectivity index (χ1v) is 7.66. The van der Waals surface area contributed by atoms with Crippen LogP contribution in [0.5, 0.6) is 5.75 Å². The Bertz CT molecular complexity index is 639. The molecule has 0 aliphatic rings. The summed E-state index contributed by atoms with van der Waals surface area (Å²) in [4.78, 5) is 17.0. The minimum absolute atomic E-state index is 0.341. The molecule has 4 nitrogen and oxygen atoms in total. The molecule has 0 radical (unpaired) electrons. The van der Waals surface area contributed by atoms with Crippen LogP contribution in [0, 0.1) is 6.92 Å². The Morgan fingerprint density at radius 3 is 2.85 bits per heavy atom.